The topological polar surface area (TPSA) is 63.6 Å². The number of esters is 1. The first-order chi connectivity index (χ1) is 17.0. The minimum atomic E-state index is -0.954. The molecule has 0 radical (unpaired) electrons. The normalized spacial score (nSPS) is 37.4. The summed E-state index contributed by atoms with van der Waals surface area (Å²) in [5.74, 6) is 2.64. The number of fused-ring (bicyclic) bond motifs is 5. The van der Waals surface area contributed by atoms with Gasteiger partial charge in [0.1, 0.15) is 6.10 Å². The monoisotopic (exact) mass is 496 g/mol. The SMILES string of the molecule is CC(C)[C@H](C)/C=C/[C@H](C)[C@@H]1CC[C@@H]2C3=CC=C4C[C@H](OC(=O)CCC(=O)O)CC[C@]4(C)[C@@H]3CC[C@]21C. The lowest BCUT2D eigenvalue weighted by atomic mass is 9.50. The fourth-order valence-electron chi connectivity index (χ4n) is 8.13. The molecule has 200 valence electrons. The molecule has 1 N–H and O–H groups in total. The van der Waals surface area contributed by atoms with E-state index in [4.69, 9.17) is 9.84 Å². The molecule has 36 heavy (non-hydrogen) atoms. The number of carbonyl (C=O) groups is 2. The molecule has 0 unspecified atom stereocenters. The van der Waals surface area contributed by atoms with Crippen molar-refractivity contribution in [3.8, 4) is 0 Å². The Balaban J connectivity index is 1.47. The number of aliphatic carboxylic acids is 1. The number of ether oxygens (including phenoxy) is 1. The smallest absolute Gasteiger partial charge is 0.306 e. The molecule has 4 heteroatoms. The molecule has 4 rings (SSSR count). The van der Waals surface area contributed by atoms with Crippen molar-refractivity contribution < 1.29 is 19.4 Å². The zero-order valence-electron chi connectivity index (χ0n) is 23.4. The average Bonchev–Trinajstić information content (AvgIpc) is 3.18. The van der Waals surface area contributed by atoms with Gasteiger partial charge in [0.15, 0.2) is 0 Å². The van der Waals surface area contributed by atoms with E-state index in [0.29, 0.717) is 35.0 Å². The van der Waals surface area contributed by atoms with Gasteiger partial charge < -0.3 is 9.84 Å². The zero-order valence-corrected chi connectivity index (χ0v) is 23.4. The van der Waals surface area contributed by atoms with Gasteiger partial charge in [0.2, 0.25) is 0 Å². The van der Waals surface area contributed by atoms with Crippen LogP contribution in [-0.2, 0) is 14.3 Å². The standard InChI is InChI=1S/C32H48O4/c1-20(2)21(3)7-8-22(4)26-11-12-27-25-10-9-23-19-24(36-30(35)14-13-29(33)34)15-17-31(23,5)28(25)16-18-32(26,27)6/h7-10,20-22,24,26-28H,11-19H2,1-6H3,(H,33,34)/b8-7+/t21-,22+,24-,26+,27-,28-,31+,32+/m1/s1. The molecular weight excluding hydrogens is 448 g/mol. The summed E-state index contributed by atoms with van der Waals surface area (Å²) in [6.07, 6.45) is 17.4. The van der Waals surface area contributed by atoms with Crippen molar-refractivity contribution in [3.63, 3.8) is 0 Å². The van der Waals surface area contributed by atoms with Crippen molar-refractivity contribution >= 4 is 11.9 Å². The Bertz CT molecular complexity index is 942. The summed E-state index contributed by atoms with van der Waals surface area (Å²) in [6, 6.07) is 0. The predicted molar refractivity (Wildman–Crippen MR) is 144 cm³/mol. The van der Waals surface area contributed by atoms with E-state index in [0.717, 1.165) is 25.2 Å². The van der Waals surface area contributed by atoms with Crippen molar-refractivity contribution in [2.45, 2.75) is 105 Å². The molecule has 0 spiro atoms. The summed E-state index contributed by atoms with van der Waals surface area (Å²) in [4.78, 5) is 22.9. The molecule has 3 fully saturated rings. The minimum Gasteiger partial charge on any atom is -0.481 e. The van der Waals surface area contributed by atoms with E-state index in [1.807, 2.05) is 0 Å². The van der Waals surface area contributed by atoms with Gasteiger partial charge in [-0.2, -0.15) is 0 Å². The third-order valence-corrected chi connectivity index (χ3v) is 10.8. The molecule has 4 aliphatic carbocycles. The molecule has 0 aliphatic heterocycles. The highest BCUT2D eigenvalue weighted by Crippen LogP contribution is 2.66. The summed E-state index contributed by atoms with van der Waals surface area (Å²) in [7, 11) is 0. The van der Waals surface area contributed by atoms with Gasteiger partial charge in [-0.1, -0.05) is 77.0 Å². The number of allylic oxidation sites excluding steroid dienone is 5. The van der Waals surface area contributed by atoms with Crippen LogP contribution in [0.25, 0.3) is 0 Å². The summed E-state index contributed by atoms with van der Waals surface area (Å²) in [5, 5.41) is 8.84. The van der Waals surface area contributed by atoms with Gasteiger partial charge in [0.05, 0.1) is 12.8 Å². The third-order valence-electron chi connectivity index (χ3n) is 10.8. The first-order valence-electron chi connectivity index (χ1n) is 14.5. The molecule has 4 nitrogen and oxygen atoms in total. The van der Waals surface area contributed by atoms with Gasteiger partial charge in [0.25, 0.3) is 0 Å². The van der Waals surface area contributed by atoms with Gasteiger partial charge in [-0.25, -0.2) is 0 Å². The molecular formula is C32H48O4. The molecule has 0 aromatic rings. The Morgan fingerprint density at radius 2 is 1.75 bits per heavy atom. The van der Waals surface area contributed by atoms with Gasteiger partial charge in [0, 0.05) is 6.42 Å². The van der Waals surface area contributed by atoms with Crippen LogP contribution in [-0.4, -0.2) is 23.1 Å². The van der Waals surface area contributed by atoms with Crippen molar-refractivity contribution in [1.82, 2.24) is 0 Å². The number of hydrogen-bond acceptors (Lipinski definition) is 3. The number of rotatable bonds is 8. The van der Waals surface area contributed by atoms with E-state index in [1.165, 1.54) is 31.3 Å². The van der Waals surface area contributed by atoms with Crippen LogP contribution in [0.4, 0.5) is 0 Å². The maximum atomic E-state index is 12.1. The lowest BCUT2D eigenvalue weighted by Gasteiger charge is -2.55. The Morgan fingerprint density at radius 1 is 1.00 bits per heavy atom. The lowest BCUT2D eigenvalue weighted by molar-refractivity contribution is -0.153. The quantitative estimate of drug-likeness (QED) is 0.276. The van der Waals surface area contributed by atoms with Gasteiger partial charge in [-0.3, -0.25) is 9.59 Å². The van der Waals surface area contributed by atoms with Crippen LogP contribution in [0.2, 0.25) is 0 Å². The Kier molecular flexibility index (Phi) is 7.93. The highest BCUT2D eigenvalue weighted by Gasteiger charge is 2.57. The summed E-state index contributed by atoms with van der Waals surface area (Å²) < 4.78 is 5.68. The van der Waals surface area contributed by atoms with Crippen LogP contribution >= 0.6 is 0 Å². The number of carboxylic acids is 1. The molecule has 0 bridgehead atoms. The first-order valence-corrected chi connectivity index (χ1v) is 14.5. The first kappa shape index (κ1) is 27.2. The molecule has 4 aliphatic rings. The second kappa shape index (κ2) is 10.5. The molecule has 8 atom stereocenters. The van der Waals surface area contributed by atoms with E-state index >= 15 is 0 Å². The van der Waals surface area contributed by atoms with E-state index in [-0.39, 0.29) is 30.3 Å². The molecule has 0 aromatic heterocycles. The summed E-state index contributed by atoms with van der Waals surface area (Å²) in [5.41, 5.74) is 3.66. The number of carboxylic acid groups (broad SMARTS) is 1. The van der Waals surface area contributed by atoms with E-state index < -0.39 is 5.97 Å². The minimum absolute atomic E-state index is 0.0414. The van der Waals surface area contributed by atoms with Crippen molar-refractivity contribution in [1.29, 1.82) is 0 Å². The predicted octanol–water partition coefficient (Wildman–Crippen LogP) is 7.75. The Labute approximate surface area is 218 Å². The number of hydrogen-bond donors (Lipinski definition) is 1. The van der Waals surface area contributed by atoms with Crippen LogP contribution < -0.4 is 0 Å². The zero-order chi connectivity index (χ0) is 26.3. The van der Waals surface area contributed by atoms with Crippen LogP contribution in [0.3, 0.4) is 0 Å². The molecule has 3 saturated carbocycles. The highest BCUT2D eigenvalue weighted by atomic mass is 16.5. The third kappa shape index (κ3) is 5.11. The summed E-state index contributed by atoms with van der Waals surface area (Å²) >= 11 is 0. The summed E-state index contributed by atoms with van der Waals surface area (Å²) in [6.45, 7) is 14.4. The fraction of sp³-hybridized carbons (Fsp3) is 0.750. The lowest BCUT2D eigenvalue weighted by Crippen LogP contribution is -2.46. The Hall–Kier alpha value is -1.84. The molecule has 0 saturated heterocycles. The fourth-order valence-corrected chi connectivity index (χ4v) is 8.13. The Morgan fingerprint density at radius 3 is 2.44 bits per heavy atom. The second-order valence-electron chi connectivity index (χ2n) is 13.2. The van der Waals surface area contributed by atoms with Gasteiger partial charge in [-0.05, 0) is 84.9 Å². The van der Waals surface area contributed by atoms with Crippen LogP contribution in [0.1, 0.15) is 99.3 Å². The van der Waals surface area contributed by atoms with E-state index in [9.17, 15) is 9.59 Å². The van der Waals surface area contributed by atoms with Crippen LogP contribution in [0.15, 0.2) is 35.5 Å². The van der Waals surface area contributed by atoms with Crippen LogP contribution in [0.5, 0.6) is 0 Å². The second-order valence-corrected chi connectivity index (χ2v) is 13.2. The largest absolute Gasteiger partial charge is 0.481 e. The van der Waals surface area contributed by atoms with Crippen molar-refractivity contribution in [2.75, 3.05) is 0 Å². The average molecular weight is 497 g/mol. The highest BCUT2D eigenvalue weighted by molar-refractivity contribution is 5.76. The van der Waals surface area contributed by atoms with Crippen molar-refractivity contribution in [2.24, 2.45) is 46.3 Å². The van der Waals surface area contributed by atoms with E-state index in [2.05, 4.69) is 65.8 Å². The van der Waals surface area contributed by atoms with E-state index in [1.54, 1.807) is 5.57 Å². The number of carbonyl (C=O) groups excluding carboxylic acids is 1. The molecule has 0 amide bonds. The maximum absolute atomic E-state index is 12.1. The van der Waals surface area contributed by atoms with Gasteiger partial charge >= 0.3 is 11.9 Å². The van der Waals surface area contributed by atoms with Crippen molar-refractivity contribution in [3.05, 3.63) is 35.5 Å². The van der Waals surface area contributed by atoms with Gasteiger partial charge in [-0.15, -0.1) is 0 Å². The van der Waals surface area contributed by atoms with Crippen LogP contribution in [0, 0.1) is 46.3 Å². The maximum Gasteiger partial charge on any atom is 0.306 e. The molecule has 0 aromatic carbocycles. The molecule has 0 heterocycles.